The van der Waals surface area contributed by atoms with E-state index in [0.717, 1.165) is 83.6 Å². The van der Waals surface area contributed by atoms with E-state index in [1.807, 2.05) is 37.1 Å². The van der Waals surface area contributed by atoms with Crippen molar-refractivity contribution >= 4 is 0 Å². The Kier molecular flexibility index (Phi) is 9.14. The fourth-order valence-electron chi connectivity index (χ4n) is 7.92. The summed E-state index contributed by atoms with van der Waals surface area (Å²) >= 11 is 0. The fraction of sp³-hybridized carbons (Fsp3) is 0. The van der Waals surface area contributed by atoms with Gasteiger partial charge in [-0.1, -0.05) is 152 Å². The Morgan fingerprint density at radius 2 is 0.638 bits per heavy atom. The van der Waals surface area contributed by atoms with Crippen molar-refractivity contribution in [2.45, 2.75) is 0 Å². The quantitative estimate of drug-likeness (QED) is 0.155. The van der Waals surface area contributed by atoms with Gasteiger partial charge in [-0.2, -0.15) is 10.2 Å². The molecule has 0 unspecified atom stereocenters. The number of nitrogens with zero attached hydrogens (tertiary/aromatic N) is 3. The second-order valence-corrected chi connectivity index (χ2v) is 14.4. The van der Waals surface area contributed by atoms with Crippen LogP contribution in [0.15, 0.2) is 213 Å². The van der Waals surface area contributed by atoms with Crippen LogP contribution in [0, 0.1) is 0 Å². The van der Waals surface area contributed by atoms with Gasteiger partial charge in [-0.3, -0.25) is 15.2 Å². The molecule has 0 aliphatic rings. The van der Waals surface area contributed by atoms with E-state index in [1.54, 1.807) is 0 Å². The minimum absolute atomic E-state index is 0.931. The van der Waals surface area contributed by atoms with Crippen molar-refractivity contribution < 1.29 is 0 Å². The van der Waals surface area contributed by atoms with Crippen LogP contribution in [0.5, 0.6) is 0 Å². The standard InChI is InChI=1S/C53H37N5/c1-2-11-36(12-3-1)37-21-23-38(24-22-37)39-13-10-14-40(27-39)53-26-25-41(31-54-53)47-15-4-5-16-48(47)42-28-43(49-17-6-8-19-51(49)45-32-55-56-33-45)30-44(29-42)50-18-7-9-20-52(50)46-34-57-58-35-46/h1-35H,(H,55,56)(H,57,58). The molecule has 2 N–H and O–H groups in total. The Bertz CT molecular complexity index is 2870. The van der Waals surface area contributed by atoms with Gasteiger partial charge in [0.25, 0.3) is 0 Å². The number of benzene rings is 7. The predicted molar refractivity (Wildman–Crippen MR) is 237 cm³/mol. The molecule has 10 rings (SSSR count). The summed E-state index contributed by atoms with van der Waals surface area (Å²) in [5.41, 5.74) is 20.0. The van der Waals surface area contributed by atoms with Gasteiger partial charge in [0, 0.05) is 40.8 Å². The molecule has 10 aromatic rings. The number of hydrogen-bond donors (Lipinski definition) is 2. The summed E-state index contributed by atoms with van der Waals surface area (Å²) in [6.07, 6.45) is 9.65. The average molecular weight is 744 g/mol. The van der Waals surface area contributed by atoms with Crippen LogP contribution in [0.2, 0.25) is 0 Å². The van der Waals surface area contributed by atoms with E-state index < -0.39 is 0 Å². The molecule has 5 nitrogen and oxygen atoms in total. The van der Waals surface area contributed by atoms with E-state index in [-0.39, 0.29) is 0 Å². The van der Waals surface area contributed by atoms with Crippen molar-refractivity contribution in [3.63, 3.8) is 0 Å². The number of H-pyrrole nitrogens is 2. The maximum atomic E-state index is 5.04. The average Bonchev–Trinajstić information content (AvgIpc) is 4.06. The molecule has 274 valence electrons. The first-order valence-electron chi connectivity index (χ1n) is 19.4. The summed E-state index contributed by atoms with van der Waals surface area (Å²) in [5, 5.41) is 14.5. The van der Waals surface area contributed by atoms with Crippen LogP contribution in [0.4, 0.5) is 0 Å². The molecule has 0 spiro atoms. The molecule has 0 bridgehead atoms. The molecule has 0 fully saturated rings. The van der Waals surface area contributed by atoms with E-state index >= 15 is 0 Å². The Morgan fingerprint density at radius 3 is 1.10 bits per heavy atom. The second-order valence-electron chi connectivity index (χ2n) is 14.4. The van der Waals surface area contributed by atoms with E-state index in [4.69, 9.17) is 4.98 Å². The topological polar surface area (TPSA) is 70.2 Å². The smallest absolute Gasteiger partial charge is 0.0702 e. The third kappa shape index (κ3) is 6.82. The van der Waals surface area contributed by atoms with Crippen LogP contribution in [0.25, 0.3) is 100 Å². The molecule has 0 amide bonds. The Balaban J connectivity index is 1.03. The van der Waals surface area contributed by atoms with Gasteiger partial charge in [0.1, 0.15) is 0 Å². The lowest BCUT2D eigenvalue weighted by Crippen LogP contribution is -1.92. The summed E-state index contributed by atoms with van der Waals surface area (Å²) in [6, 6.07) is 64.8. The molecule has 58 heavy (non-hydrogen) atoms. The Labute approximate surface area is 337 Å². The molecular weight excluding hydrogens is 707 g/mol. The summed E-state index contributed by atoms with van der Waals surface area (Å²) in [6.45, 7) is 0. The molecule has 0 aliphatic heterocycles. The summed E-state index contributed by atoms with van der Waals surface area (Å²) in [7, 11) is 0. The van der Waals surface area contributed by atoms with E-state index in [1.165, 1.54) is 16.7 Å². The van der Waals surface area contributed by atoms with Gasteiger partial charge in [-0.05, 0) is 103 Å². The lowest BCUT2D eigenvalue weighted by molar-refractivity contribution is 1.09. The number of nitrogens with one attached hydrogen (secondary N) is 2. The zero-order valence-electron chi connectivity index (χ0n) is 31.5. The first kappa shape index (κ1) is 34.6. The van der Waals surface area contributed by atoms with Crippen LogP contribution < -0.4 is 0 Å². The summed E-state index contributed by atoms with van der Waals surface area (Å²) in [5.74, 6) is 0. The number of aromatic amines is 2. The van der Waals surface area contributed by atoms with Gasteiger partial charge in [-0.25, -0.2) is 0 Å². The highest BCUT2D eigenvalue weighted by atomic mass is 15.1. The van der Waals surface area contributed by atoms with Crippen LogP contribution in [-0.2, 0) is 0 Å². The lowest BCUT2D eigenvalue weighted by Gasteiger charge is -2.17. The molecule has 5 heteroatoms. The fourth-order valence-corrected chi connectivity index (χ4v) is 7.92. The van der Waals surface area contributed by atoms with Crippen LogP contribution >= 0.6 is 0 Å². The molecule has 3 heterocycles. The normalized spacial score (nSPS) is 11.1. The van der Waals surface area contributed by atoms with Crippen molar-refractivity contribution in [2.75, 3.05) is 0 Å². The molecule has 0 saturated carbocycles. The van der Waals surface area contributed by atoms with Gasteiger partial charge in [0.05, 0.1) is 18.1 Å². The van der Waals surface area contributed by atoms with Crippen LogP contribution in [-0.4, -0.2) is 25.4 Å². The van der Waals surface area contributed by atoms with Crippen molar-refractivity contribution in [1.29, 1.82) is 0 Å². The second kappa shape index (κ2) is 15.3. The molecule has 0 aliphatic carbocycles. The number of hydrogen-bond acceptors (Lipinski definition) is 3. The third-order valence-corrected chi connectivity index (χ3v) is 10.8. The van der Waals surface area contributed by atoms with Crippen molar-refractivity contribution in [3.8, 4) is 100 Å². The predicted octanol–water partition coefficient (Wildman–Crippen LogP) is 13.5. The number of pyridine rings is 1. The minimum Gasteiger partial charge on any atom is -0.285 e. The van der Waals surface area contributed by atoms with E-state index in [2.05, 4.69) is 196 Å². The maximum Gasteiger partial charge on any atom is 0.0702 e. The largest absolute Gasteiger partial charge is 0.285 e. The third-order valence-electron chi connectivity index (χ3n) is 10.8. The molecule has 0 radical (unpaired) electrons. The molecule has 7 aromatic carbocycles. The molecule has 0 saturated heterocycles. The van der Waals surface area contributed by atoms with Gasteiger partial charge in [0.2, 0.25) is 0 Å². The monoisotopic (exact) mass is 743 g/mol. The molecule has 0 atom stereocenters. The van der Waals surface area contributed by atoms with Crippen molar-refractivity contribution in [3.05, 3.63) is 213 Å². The number of rotatable bonds is 9. The van der Waals surface area contributed by atoms with Crippen LogP contribution in [0.1, 0.15) is 0 Å². The first-order valence-corrected chi connectivity index (χ1v) is 19.4. The summed E-state index contributed by atoms with van der Waals surface area (Å²) in [4.78, 5) is 5.04. The van der Waals surface area contributed by atoms with Crippen LogP contribution in [0.3, 0.4) is 0 Å². The van der Waals surface area contributed by atoms with Crippen molar-refractivity contribution in [2.24, 2.45) is 0 Å². The maximum absolute atomic E-state index is 5.04. The zero-order valence-corrected chi connectivity index (χ0v) is 31.5. The molecular formula is C53H37N5. The minimum atomic E-state index is 0.931. The van der Waals surface area contributed by atoms with E-state index in [0.29, 0.717) is 0 Å². The lowest BCUT2D eigenvalue weighted by atomic mass is 9.87. The highest BCUT2D eigenvalue weighted by Crippen LogP contribution is 2.42. The number of aromatic nitrogens is 5. The Morgan fingerprint density at radius 1 is 0.259 bits per heavy atom. The van der Waals surface area contributed by atoms with Gasteiger partial charge in [0.15, 0.2) is 0 Å². The Hall–Kier alpha value is -7.89. The van der Waals surface area contributed by atoms with Gasteiger partial charge in [-0.15, -0.1) is 0 Å². The summed E-state index contributed by atoms with van der Waals surface area (Å²) < 4.78 is 0. The van der Waals surface area contributed by atoms with E-state index in [9.17, 15) is 0 Å². The highest BCUT2D eigenvalue weighted by Gasteiger charge is 2.17. The van der Waals surface area contributed by atoms with Gasteiger partial charge < -0.3 is 0 Å². The van der Waals surface area contributed by atoms with Crippen molar-refractivity contribution in [1.82, 2.24) is 25.4 Å². The molecule has 3 aromatic heterocycles. The SMILES string of the molecule is c1ccc(-c2ccc(-c3cccc(-c4ccc(-c5ccccc5-c5cc(-c6ccccc6-c6cn[nH]c6)cc(-c6ccccc6-c6cn[nH]c6)c5)cn4)c3)cc2)cc1. The highest BCUT2D eigenvalue weighted by molar-refractivity contribution is 5.94. The zero-order chi connectivity index (χ0) is 38.7. The first-order chi connectivity index (χ1) is 28.7. The van der Waals surface area contributed by atoms with Gasteiger partial charge >= 0.3 is 0 Å².